The second kappa shape index (κ2) is 4.59. The first-order chi connectivity index (χ1) is 8.44. The molecule has 18 heavy (non-hydrogen) atoms. The molecular weight excluding hydrogens is 250 g/mol. The first kappa shape index (κ1) is 12.9. The quantitative estimate of drug-likeness (QED) is 0.800. The number of nitriles is 1. The molecule has 5 nitrogen and oxygen atoms in total. The molecule has 1 aliphatic rings. The number of nitrogens with zero attached hydrogens (tertiary/aromatic N) is 1. The molecule has 2 rings (SSSR count). The third kappa shape index (κ3) is 2.63. The number of nitrogens with two attached hydrogens (primary N) is 1. The number of nitrogens with one attached hydrogen (secondary N) is 1. The van der Waals surface area contributed by atoms with Gasteiger partial charge < -0.3 is 5.73 Å². The summed E-state index contributed by atoms with van der Waals surface area (Å²) in [5.41, 5.74) is 6.13. The van der Waals surface area contributed by atoms with Crippen molar-refractivity contribution in [3.05, 3.63) is 23.8 Å². The number of nitrogen functional groups attached to an aromatic ring is 1. The highest BCUT2D eigenvalue weighted by molar-refractivity contribution is 7.89. The second-order valence-corrected chi connectivity index (χ2v) is 6.29. The van der Waals surface area contributed by atoms with E-state index >= 15 is 0 Å². The topological polar surface area (TPSA) is 96.0 Å². The van der Waals surface area contributed by atoms with E-state index in [4.69, 9.17) is 11.0 Å². The molecule has 3 N–H and O–H groups in total. The minimum absolute atomic E-state index is 0.0361. The average Bonchev–Trinajstić information content (AvgIpc) is 3.11. The predicted molar refractivity (Wildman–Crippen MR) is 68.1 cm³/mol. The van der Waals surface area contributed by atoms with Crippen molar-refractivity contribution in [1.82, 2.24) is 4.72 Å². The fraction of sp³-hybridized carbons (Fsp3) is 0.417. The zero-order valence-corrected chi connectivity index (χ0v) is 10.9. The van der Waals surface area contributed by atoms with Crippen molar-refractivity contribution in [2.45, 2.75) is 30.7 Å². The van der Waals surface area contributed by atoms with Crippen LogP contribution in [0.3, 0.4) is 0 Å². The maximum Gasteiger partial charge on any atom is 0.242 e. The van der Waals surface area contributed by atoms with E-state index in [0.717, 1.165) is 12.8 Å². The lowest BCUT2D eigenvalue weighted by Gasteiger charge is -2.14. The number of sulfonamides is 1. The largest absolute Gasteiger partial charge is 0.398 e. The van der Waals surface area contributed by atoms with Crippen LogP contribution >= 0.6 is 0 Å². The summed E-state index contributed by atoms with van der Waals surface area (Å²) in [4.78, 5) is 0.0361. The van der Waals surface area contributed by atoms with Gasteiger partial charge in [0.1, 0.15) is 4.90 Å². The molecule has 0 aliphatic heterocycles. The van der Waals surface area contributed by atoms with Crippen LogP contribution in [0.15, 0.2) is 23.1 Å². The van der Waals surface area contributed by atoms with Gasteiger partial charge in [-0.3, -0.25) is 0 Å². The third-order valence-electron chi connectivity index (χ3n) is 3.10. The molecule has 0 bridgehead atoms. The van der Waals surface area contributed by atoms with Crippen LogP contribution in [0.5, 0.6) is 0 Å². The minimum Gasteiger partial charge on any atom is -0.398 e. The molecule has 1 saturated carbocycles. The molecule has 1 unspecified atom stereocenters. The molecule has 1 aromatic rings. The predicted octanol–water partition coefficient (Wildman–Crippen LogP) is 1.22. The van der Waals surface area contributed by atoms with Crippen LogP contribution in [-0.2, 0) is 10.0 Å². The summed E-state index contributed by atoms with van der Waals surface area (Å²) in [6, 6.07) is 6.03. The van der Waals surface area contributed by atoms with E-state index < -0.39 is 10.0 Å². The Kier molecular flexibility index (Phi) is 3.28. The minimum atomic E-state index is -3.60. The van der Waals surface area contributed by atoms with E-state index in [1.807, 2.05) is 13.0 Å². The van der Waals surface area contributed by atoms with Gasteiger partial charge in [-0.2, -0.15) is 5.26 Å². The molecule has 1 aromatic carbocycles. The van der Waals surface area contributed by atoms with Gasteiger partial charge in [0, 0.05) is 6.04 Å². The number of benzene rings is 1. The van der Waals surface area contributed by atoms with Gasteiger partial charge in [-0.15, -0.1) is 0 Å². The molecule has 1 aliphatic carbocycles. The Hall–Kier alpha value is -1.58. The van der Waals surface area contributed by atoms with Crippen molar-refractivity contribution in [3.8, 4) is 6.07 Å². The lowest BCUT2D eigenvalue weighted by molar-refractivity contribution is 0.538. The summed E-state index contributed by atoms with van der Waals surface area (Å²) in [7, 11) is -3.60. The third-order valence-corrected chi connectivity index (χ3v) is 4.73. The number of rotatable bonds is 4. The van der Waals surface area contributed by atoms with Gasteiger partial charge in [0.15, 0.2) is 0 Å². The van der Waals surface area contributed by atoms with Crippen LogP contribution in [0.25, 0.3) is 0 Å². The molecule has 1 fully saturated rings. The van der Waals surface area contributed by atoms with Crippen LogP contribution in [0.2, 0.25) is 0 Å². The fourth-order valence-electron chi connectivity index (χ4n) is 1.86. The van der Waals surface area contributed by atoms with Gasteiger partial charge in [0.2, 0.25) is 10.0 Å². The summed E-state index contributed by atoms with van der Waals surface area (Å²) in [5, 5.41) is 8.71. The van der Waals surface area contributed by atoms with Crippen LogP contribution in [0.4, 0.5) is 5.69 Å². The lowest BCUT2D eigenvalue weighted by Crippen LogP contribution is -2.34. The fourth-order valence-corrected chi connectivity index (χ4v) is 3.29. The van der Waals surface area contributed by atoms with Crippen LogP contribution in [0, 0.1) is 17.2 Å². The maximum absolute atomic E-state index is 12.1. The molecule has 0 radical (unpaired) electrons. The smallest absolute Gasteiger partial charge is 0.242 e. The van der Waals surface area contributed by atoms with Gasteiger partial charge in [-0.25, -0.2) is 13.1 Å². The van der Waals surface area contributed by atoms with E-state index in [9.17, 15) is 8.42 Å². The van der Waals surface area contributed by atoms with Crippen LogP contribution in [-0.4, -0.2) is 14.5 Å². The summed E-state index contributed by atoms with van der Waals surface area (Å²) >= 11 is 0. The number of anilines is 1. The maximum atomic E-state index is 12.1. The average molecular weight is 265 g/mol. The van der Waals surface area contributed by atoms with Crippen molar-refractivity contribution in [1.29, 1.82) is 5.26 Å². The molecule has 0 saturated heterocycles. The van der Waals surface area contributed by atoms with E-state index in [-0.39, 0.29) is 16.6 Å². The summed E-state index contributed by atoms with van der Waals surface area (Å²) in [6.07, 6.45) is 2.12. The van der Waals surface area contributed by atoms with E-state index in [0.29, 0.717) is 11.5 Å². The second-order valence-electron chi connectivity index (χ2n) is 4.61. The van der Waals surface area contributed by atoms with Crippen molar-refractivity contribution in [2.75, 3.05) is 5.73 Å². The van der Waals surface area contributed by atoms with Gasteiger partial charge in [-0.05, 0) is 43.9 Å². The van der Waals surface area contributed by atoms with E-state index in [1.54, 1.807) is 0 Å². The van der Waals surface area contributed by atoms with Crippen LogP contribution in [0.1, 0.15) is 25.3 Å². The molecule has 0 amide bonds. The summed E-state index contributed by atoms with van der Waals surface area (Å²) < 4.78 is 26.9. The Labute approximate surface area is 107 Å². The lowest BCUT2D eigenvalue weighted by atomic mass is 10.2. The molecular formula is C12H15N3O2S. The van der Waals surface area contributed by atoms with Gasteiger partial charge in [0.05, 0.1) is 17.3 Å². The Morgan fingerprint density at radius 1 is 1.50 bits per heavy atom. The normalized spacial score (nSPS) is 17.1. The monoisotopic (exact) mass is 265 g/mol. The molecule has 0 spiro atoms. The van der Waals surface area contributed by atoms with Crippen molar-refractivity contribution in [3.63, 3.8) is 0 Å². The Bertz CT molecular complexity index is 600. The summed E-state index contributed by atoms with van der Waals surface area (Å²) in [6.45, 7) is 1.86. The number of hydrogen-bond donors (Lipinski definition) is 2. The SMILES string of the molecule is CC(NS(=O)(=O)c1ccc(C#N)cc1N)C1CC1. The summed E-state index contributed by atoms with van der Waals surface area (Å²) in [5.74, 6) is 0.430. The van der Waals surface area contributed by atoms with Crippen LogP contribution < -0.4 is 10.5 Å². The highest BCUT2D eigenvalue weighted by Gasteiger charge is 2.31. The Morgan fingerprint density at radius 3 is 2.67 bits per heavy atom. The van der Waals surface area contributed by atoms with Gasteiger partial charge in [0.25, 0.3) is 0 Å². The first-order valence-corrected chi connectivity index (χ1v) is 7.24. The van der Waals surface area contributed by atoms with Crippen molar-refractivity contribution >= 4 is 15.7 Å². The Morgan fingerprint density at radius 2 is 2.17 bits per heavy atom. The van der Waals surface area contributed by atoms with E-state index in [2.05, 4.69) is 4.72 Å². The highest BCUT2D eigenvalue weighted by Crippen LogP contribution is 2.33. The van der Waals surface area contributed by atoms with E-state index in [1.165, 1.54) is 18.2 Å². The molecule has 1 atom stereocenters. The standard InChI is InChI=1S/C12H15N3O2S/c1-8(10-3-4-10)15-18(16,17)12-5-2-9(7-13)6-11(12)14/h2,5-6,8,10,15H,3-4,14H2,1H3. The molecule has 6 heteroatoms. The number of hydrogen-bond acceptors (Lipinski definition) is 4. The molecule has 0 aromatic heterocycles. The zero-order valence-electron chi connectivity index (χ0n) is 10.1. The molecule has 0 heterocycles. The zero-order chi connectivity index (χ0) is 13.3. The molecule has 96 valence electrons. The van der Waals surface area contributed by atoms with Crippen molar-refractivity contribution in [2.24, 2.45) is 5.92 Å². The van der Waals surface area contributed by atoms with Gasteiger partial charge in [-0.1, -0.05) is 0 Å². The Balaban J connectivity index is 2.26. The highest BCUT2D eigenvalue weighted by atomic mass is 32.2. The first-order valence-electron chi connectivity index (χ1n) is 5.76. The van der Waals surface area contributed by atoms with Crippen molar-refractivity contribution < 1.29 is 8.42 Å². The van der Waals surface area contributed by atoms with Gasteiger partial charge >= 0.3 is 0 Å².